The molecule has 0 atom stereocenters. The van der Waals surface area contributed by atoms with Crippen molar-refractivity contribution in [2.75, 3.05) is 6.61 Å². The van der Waals surface area contributed by atoms with Crippen molar-refractivity contribution in [2.45, 2.75) is 305 Å². The van der Waals surface area contributed by atoms with Crippen LogP contribution in [0.3, 0.4) is 0 Å². The molecule has 2 heteroatoms. The van der Waals surface area contributed by atoms with Crippen LogP contribution in [0.5, 0.6) is 0 Å². The molecule has 0 aliphatic carbocycles. The standard InChI is InChI=1S/C52H102O2/c1-7-13-19-25-31-37-43-49(44-38-32-26-20-14-8-2)50(51(53)54-48-42-36-30-24-18-12-6)52(45-39-33-27-21-15-9-3,46-40-34-28-22-16-10-4)47-41-35-29-23-17-11-5/h7-48H2,1-6H3. The van der Waals surface area contributed by atoms with Gasteiger partial charge in [-0.2, -0.15) is 0 Å². The van der Waals surface area contributed by atoms with E-state index in [-0.39, 0.29) is 11.4 Å². The van der Waals surface area contributed by atoms with Crippen LogP contribution in [0.1, 0.15) is 305 Å². The molecule has 0 fully saturated rings. The second-order valence-corrected chi connectivity index (χ2v) is 17.8. The van der Waals surface area contributed by atoms with E-state index in [1.165, 1.54) is 255 Å². The van der Waals surface area contributed by atoms with Gasteiger partial charge in [0.05, 0.1) is 6.61 Å². The van der Waals surface area contributed by atoms with Crippen LogP contribution in [0.15, 0.2) is 11.1 Å². The van der Waals surface area contributed by atoms with E-state index in [4.69, 9.17) is 4.74 Å². The van der Waals surface area contributed by atoms with E-state index in [9.17, 15) is 4.79 Å². The van der Waals surface area contributed by atoms with Crippen LogP contribution in [0.2, 0.25) is 0 Å². The normalized spacial score (nSPS) is 11.7. The number of unbranched alkanes of at least 4 members (excludes halogenated alkanes) is 30. The Hall–Kier alpha value is -0.790. The van der Waals surface area contributed by atoms with Crippen LogP contribution >= 0.6 is 0 Å². The van der Waals surface area contributed by atoms with Gasteiger partial charge in [0.15, 0.2) is 0 Å². The Balaban J connectivity index is 6.82. The first kappa shape index (κ1) is 53.2. The average molecular weight is 759 g/mol. The number of hydrogen-bond acceptors (Lipinski definition) is 2. The number of rotatable bonds is 44. The van der Waals surface area contributed by atoms with Crippen LogP contribution in [0.25, 0.3) is 0 Å². The smallest absolute Gasteiger partial charge is 0.334 e. The number of allylic oxidation sites excluding steroid dienone is 1. The monoisotopic (exact) mass is 759 g/mol. The zero-order valence-electron chi connectivity index (χ0n) is 38.5. The van der Waals surface area contributed by atoms with Crippen LogP contribution in [0.4, 0.5) is 0 Å². The first-order chi connectivity index (χ1) is 26.6. The van der Waals surface area contributed by atoms with Gasteiger partial charge < -0.3 is 4.74 Å². The first-order valence-electron chi connectivity index (χ1n) is 25.5. The number of hydrogen-bond donors (Lipinski definition) is 0. The van der Waals surface area contributed by atoms with Crippen molar-refractivity contribution in [3.05, 3.63) is 11.1 Å². The Morgan fingerprint density at radius 1 is 0.333 bits per heavy atom. The van der Waals surface area contributed by atoms with Crippen LogP contribution in [-0.4, -0.2) is 12.6 Å². The highest BCUT2D eigenvalue weighted by Crippen LogP contribution is 2.47. The highest BCUT2D eigenvalue weighted by Gasteiger charge is 2.39. The van der Waals surface area contributed by atoms with Gasteiger partial charge >= 0.3 is 5.97 Å². The second-order valence-electron chi connectivity index (χ2n) is 17.8. The van der Waals surface area contributed by atoms with Gasteiger partial charge in [-0.3, -0.25) is 0 Å². The summed E-state index contributed by atoms with van der Waals surface area (Å²) in [6.07, 6.45) is 52.9. The lowest BCUT2D eigenvalue weighted by Crippen LogP contribution is -2.32. The van der Waals surface area contributed by atoms with Gasteiger partial charge in [0, 0.05) is 11.0 Å². The number of carbonyl (C=O) groups is 1. The van der Waals surface area contributed by atoms with Gasteiger partial charge in [-0.25, -0.2) is 4.79 Å². The maximum absolute atomic E-state index is 15.0. The zero-order valence-corrected chi connectivity index (χ0v) is 38.5. The van der Waals surface area contributed by atoms with E-state index in [0.29, 0.717) is 6.61 Å². The maximum atomic E-state index is 15.0. The molecule has 0 aliphatic rings. The molecule has 0 bridgehead atoms. The quantitative estimate of drug-likeness (QED) is 0.0351. The summed E-state index contributed by atoms with van der Waals surface area (Å²) >= 11 is 0. The van der Waals surface area contributed by atoms with Gasteiger partial charge in [-0.05, 0) is 51.4 Å². The lowest BCUT2D eigenvalue weighted by Gasteiger charge is -2.38. The van der Waals surface area contributed by atoms with Crippen LogP contribution in [0, 0.1) is 5.41 Å². The molecule has 2 nitrogen and oxygen atoms in total. The molecule has 0 N–H and O–H groups in total. The Morgan fingerprint density at radius 3 is 0.907 bits per heavy atom. The molecule has 54 heavy (non-hydrogen) atoms. The topological polar surface area (TPSA) is 26.3 Å². The van der Waals surface area contributed by atoms with E-state index >= 15 is 0 Å². The summed E-state index contributed by atoms with van der Waals surface area (Å²) in [6, 6.07) is 0. The summed E-state index contributed by atoms with van der Waals surface area (Å²) in [6.45, 7) is 14.5. The largest absolute Gasteiger partial charge is 0.462 e. The summed E-state index contributed by atoms with van der Waals surface area (Å²) in [4.78, 5) is 15.0. The molecule has 0 spiro atoms. The van der Waals surface area contributed by atoms with Gasteiger partial charge in [0.1, 0.15) is 0 Å². The van der Waals surface area contributed by atoms with Crippen LogP contribution < -0.4 is 0 Å². The highest BCUT2D eigenvalue weighted by molar-refractivity contribution is 5.91. The summed E-state index contributed by atoms with van der Waals surface area (Å²) < 4.78 is 6.50. The molecule has 0 saturated heterocycles. The third-order valence-corrected chi connectivity index (χ3v) is 12.5. The summed E-state index contributed by atoms with van der Waals surface area (Å²) in [5.41, 5.74) is 2.75. The van der Waals surface area contributed by atoms with E-state index in [2.05, 4.69) is 41.5 Å². The van der Waals surface area contributed by atoms with Gasteiger partial charge in [0.2, 0.25) is 0 Å². The molecule has 0 heterocycles. The third-order valence-electron chi connectivity index (χ3n) is 12.5. The molecular weight excluding hydrogens is 657 g/mol. The molecule has 0 radical (unpaired) electrons. The molecular formula is C52H102O2. The van der Waals surface area contributed by atoms with E-state index in [0.717, 1.165) is 19.3 Å². The van der Waals surface area contributed by atoms with Gasteiger partial charge in [-0.1, -0.05) is 259 Å². The lowest BCUT2D eigenvalue weighted by atomic mass is 9.66. The fraction of sp³-hybridized carbons (Fsp3) is 0.942. The fourth-order valence-corrected chi connectivity index (χ4v) is 8.95. The van der Waals surface area contributed by atoms with E-state index in [1.54, 1.807) is 0 Å². The SMILES string of the molecule is CCCCCCCCOC(=O)C(=C(CCCCCCCC)CCCCCCCC)C(CCCCCCCC)(CCCCCCCC)CCCCCCCC. The first-order valence-corrected chi connectivity index (χ1v) is 25.5. The maximum Gasteiger partial charge on any atom is 0.334 e. The van der Waals surface area contributed by atoms with Crippen molar-refractivity contribution >= 4 is 5.97 Å². The molecule has 0 rings (SSSR count). The molecule has 0 saturated carbocycles. The minimum absolute atomic E-state index is 0.0156. The zero-order chi connectivity index (χ0) is 39.6. The Morgan fingerprint density at radius 2 is 0.593 bits per heavy atom. The van der Waals surface area contributed by atoms with Crippen molar-refractivity contribution < 1.29 is 9.53 Å². The average Bonchev–Trinajstić information content (AvgIpc) is 3.17. The molecule has 0 amide bonds. The van der Waals surface area contributed by atoms with Crippen molar-refractivity contribution in [2.24, 2.45) is 5.41 Å². The van der Waals surface area contributed by atoms with Crippen molar-refractivity contribution in [3.8, 4) is 0 Å². The lowest BCUT2D eigenvalue weighted by molar-refractivity contribution is -0.141. The molecule has 0 aromatic heterocycles. The minimum Gasteiger partial charge on any atom is -0.462 e. The van der Waals surface area contributed by atoms with E-state index in [1.807, 2.05) is 0 Å². The number of esters is 1. The number of carbonyl (C=O) groups excluding carboxylic acids is 1. The highest BCUT2D eigenvalue weighted by atomic mass is 16.5. The predicted octanol–water partition coefficient (Wildman–Crippen LogP) is 18.9. The molecule has 0 aromatic rings. The second kappa shape index (κ2) is 41.8. The number of ether oxygens (including phenoxy) is 1. The third kappa shape index (κ3) is 30.4. The van der Waals surface area contributed by atoms with Crippen molar-refractivity contribution in [1.29, 1.82) is 0 Å². The summed E-state index contributed by atoms with van der Waals surface area (Å²) in [5, 5.41) is 0. The van der Waals surface area contributed by atoms with Crippen LogP contribution in [-0.2, 0) is 9.53 Å². The van der Waals surface area contributed by atoms with Gasteiger partial charge in [0.25, 0.3) is 0 Å². The van der Waals surface area contributed by atoms with Crippen molar-refractivity contribution in [1.82, 2.24) is 0 Å². The minimum atomic E-state index is -0.0156. The Kier molecular flexibility index (Phi) is 41.2. The van der Waals surface area contributed by atoms with Gasteiger partial charge in [-0.15, -0.1) is 0 Å². The molecule has 0 aliphatic heterocycles. The summed E-state index contributed by atoms with van der Waals surface area (Å²) in [7, 11) is 0. The summed E-state index contributed by atoms with van der Waals surface area (Å²) in [5.74, 6) is 0.110. The van der Waals surface area contributed by atoms with Crippen molar-refractivity contribution in [3.63, 3.8) is 0 Å². The fourth-order valence-electron chi connectivity index (χ4n) is 8.95. The molecule has 0 unspecified atom stereocenters. The Labute approximate surface area is 342 Å². The molecule has 0 aromatic carbocycles. The van der Waals surface area contributed by atoms with E-state index < -0.39 is 0 Å². The molecule has 322 valence electrons. The predicted molar refractivity (Wildman–Crippen MR) is 244 cm³/mol. The Bertz CT molecular complexity index is 737.